The fourth-order valence-electron chi connectivity index (χ4n) is 2.04. The van der Waals surface area contributed by atoms with Crippen LogP contribution in [0.2, 0.25) is 5.02 Å². The van der Waals surface area contributed by atoms with Gasteiger partial charge in [-0.2, -0.15) is 11.3 Å². The van der Waals surface area contributed by atoms with Crippen LogP contribution >= 0.6 is 22.9 Å². The lowest BCUT2D eigenvalue weighted by molar-refractivity contribution is 0.497. The highest BCUT2D eigenvalue weighted by molar-refractivity contribution is 7.07. The minimum Gasteiger partial charge on any atom is -0.310 e. The second kappa shape index (κ2) is 7.04. The Hall–Kier alpha value is -0.900. The number of hydrogen-bond acceptors (Lipinski definition) is 2. The molecule has 0 aliphatic carbocycles. The summed E-state index contributed by atoms with van der Waals surface area (Å²) in [5, 5.41) is 8.11. The van der Waals surface area contributed by atoms with Crippen molar-refractivity contribution in [2.24, 2.45) is 0 Å². The molecule has 2 aromatic rings. The lowest BCUT2D eigenvalue weighted by Gasteiger charge is -2.19. The molecule has 0 radical (unpaired) electrons. The molecule has 102 valence electrons. The Morgan fingerprint density at radius 2 is 2.21 bits per heavy atom. The second-order valence-electron chi connectivity index (χ2n) is 4.51. The van der Waals surface area contributed by atoms with E-state index in [0.29, 0.717) is 10.6 Å². The Bertz CT molecular complexity index is 513. The fraction of sp³-hybridized carbons (Fsp3) is 0.333. The van der Waals surface area contributed by atoms with Crippen LogP contribution in [0.5, 0.6) is 0 Å². The van der Waals surface area contributed by atoms with E-state index in [0.717, 1.165) is 19.4 Å². The zero-order chi connectivity index (χ0) is 13.7. The SMILES string of the molecule is CCCNC(Cc1ccsc1)c1cc(Cl)ccc1F. The van der Waals surface area contributed by atoms with Gasteiger partial charge < -0.3 is 5.32 Å². The Labute approximate surface area is 122 Å². The van der Waals surface area contributed by atoms with Crippen molar-refractivity contribution in [3.63, 3.8) is 0 Å². The molecule has 1 heterocycles. The molecule has 0 spiro atoms. The first-order valence-electron chi connectivity index (χ1n) is 6.40. The maximum Gasteiger partial charge on any atom is 0.128 e. The first-order chi connectivity index (χ1) is 9.20. The Balaban J connectivity index is 2.23. The van der Waals surface area contributed by atoms with Gasteiger partial charge >= 0.3 is 0 Å². The van der Waals surface area contributed by atoms with E-state index in [4.69, 9.17) is 11.6 Å². The maximum atomic E-state index is 14.0. The van der Waals surface area contributed by atoms with Gasteiger partial charge in [0.1, 0.15) is 5.82 Å². The van der Waals surface area contributed by atoms with Crippen molar-refractivity contribution in [2.45, 2.75) is 25.8 Å². The lowest BCUT2D eigenvalue weighted by atomic mass is 10.00. The largest absolute Gasteiger partial charge is 0.310 e. The van der Waals surface area contributed by atoms with Crippen molar-refractivity contribution < 1.29 is 4.39 Å². The predicted octanol–water partition coefficient (Wildman–Crippen LogP) is 4.82. The molecule has 4 heteroatoms. The van der Waals surface area contributed by atoms with E-state index in [1.165, 1.54) is 11.6 Å². The smallest absolute Gasteiger partial charge is 0.128 e. The minimum absolute atomic E-state index is 0.0340. The van der Waals surface area contributed by atoms with Crippen molar-refractivity contribution in [3.8, 4) is 0 Å². The van der Waals surface area contributed by atoms with Crippen LogP contribution in [0.3, 0.4) is 0 Å². The molecule has 0 bridgehead atoms. The van der Waals surface area contributed by atoms with Crippen molar-refractivity contribution in [1.82, 2.24) is 5.32 Å². The third kappa shape index (κ3) is 4.03. The molecule has 1 N–H and O–H groups in total. The summed E-state index contributed by atoms with van der Waals surface area (Å²) in [7, 11) is 0. The highest BCUT2D eigenvalue weighted by Crippen LogP contribution is 2.25. The third-order valence-electron chi connectivity index (χ3n) is 2.99. The quantitative estimate of drug-likeness (QED) is 0.806. The van der Waals surface area contributed by atoms with Gasteiger partial charge in [-0.05, 0) is 60.0 Å². The van der Waals surface area contributed by atoms with E-state index >= 15 is 0 Å². The van der Waals surface area contributed by atoms with Gasteiger partial charge in [0.15, 0.2) is 0 Å². The van der Waals surface area contributed by atoms with E-state index in [-0.39, 0.29) is 11.9 Å². The van der Waals surface area contributed by atoms with Gasteiger partial charge in [0.2, 0.25) is 0 Å². The van der Waals surface area contributed by atoms with Crippen LogP contribution in [-0.4, -0.2) is 6.54 Å². The van der Waals surface area contributed by atoms with Crippen molar-refractivity contribution in [1.29, 1.82) is 0 Å². The molecule has 0 aliphatic rings. The van der Waals surface area contributed by atoms with Crippen molar-refractivity contribution >= 4 is 22.9 Å². The predicted molar refractivity (Wildman–Crippen MR) is 80.5 cm³/mol. The summed E-state index contributed by atoms with van der Waals surface area (Å²) >= 11 is 7.64. The summed E-state index contributed by atoms with van der Waals surface area (Å²) < 4.78 is 14.0. The van der Waals surface area contributed by atoms with Crippen LogP contribution in [0.4, 0.5) is 4.39 Å². The summed E-state index contributed by atoms with van der Waals surface area (Å²) in [4.78, 5) is 0. The number of thiophene rings is 1. The van der Waals surface area contributed by atoms with Crippen LogP contribution in [-0.2, 0) is 6.42 Å². The van der Waals surface area contributed by atoms with E-state index in [1.807, 2.05) is 5.38 Å². The molecule has 2 rings (SSSR count). The topological polar surface area (TPSA) is 12.0 Å². The average Bonchev–Trinajstić information content (AvgIpc) is 2.90. The van der Waals surface area contributed by atoms with Crippen LogP contribution in [0, 0.1) is 5.82 Å². The lowest BCUT2D eigenvalue weighted by Crippen LogP contribution is -2.24. The molecule has 0 saturated carbocycles. The molecule has 1 aromatic carbocycles. The highest BCUT2D eigenvalue weighted by atomic mass is 35.5. The molecular weight excluding hydrogens is 281 g/mol. The Kier molecular flexibility index (Phi) is 5.37. The Morgan fingerprint density at radius 3 is 2.89 bits per heavy atom. The fourth-order valence-corrected chi connectivity index (χ4v) is 2.90. The average molecular weight is 298 g/mol. The summed E-state index contributed by atoms with van der Waals surface area (Å²) in [6.07, 6.45) is 1.79. The van der Waals surface area contributed by atoms with Gasteiger partial charge in [-0.15, -0.1) is 0 Å². The number of benzene rings is 1. The standard InChI is InChI=1S/C15H17ClFNS/c1-2-6-18-15(8-11-5-7-19-10-11)13-9-12(16)3-4-14(13)17/h3-5,7,9-10,15,18H,2,6,8H2,1H3. The molecule has 0 fully saturated rings. The van der Waals surface area contributed by atoms with Gasteiger partial charge in [-0.1, -0.05) is 18.5 Å². The van der Waals surface area contributed by atoms with Crippen LogP contribution in [0.1, 0.15) is 30.5 Å². The van der Waals surface area contributed by atoms with Gasteiger partial charge in [0, 0.05) is 16.6 Å². The van der Waals surface area contributed by atoms with Crippen molar-refractivity contribution in [3.05, 3.63) is 57.0 Å². The third-order valence-corrected chi connectivity index (χ3v) is 3.96. The normalized spacial score (nSPS) is 12.6. The van der Waals surface area contributed by atoms with Crippen LogP contribution in [0.25, 0.3) is 0 Å². The van der Waals surface area contributed by atoms with E-state index in [1.54, 1.807) is 23.5 Å². The summed E-state index contributed by atoms with van der Waals surface area (Å²) in [5.41, 5.74) is 1.87. The number of rotatable bonds is 6. The monoisotopic (exact) mass is 297 g/mol. The summed E-state index contributed by atoms with van der Waals surface area (Å²) in [5.74, 6) is -0.201. The van der Waals surface area contributed by atoms with E-state index in [9.17, 15) is 4.39 Å². The van der Waals surface area contributed by atoms with Gasteiger partial charge in [0.25, 0.3) is 0 Å². The molecule has 1 atom stereocenters. The zero-order valence-electron chi connectivity index (χ0n) is 10.8. The molecule has 0 amide bonds. The van der Waals surface area contributed by atoms with Crippen molar-refractivity contribution in [2.75, 3.05) is 6.54 Å². The van der Waals surface area contributed by atoms with Crippen LogP contribution < -0.4 is 5.32 Å². The molecule has 19 heavy (non-hydrogen) atoms. The first-order valence-corrected chi connectivity index (χ1v) is 7.72. The molecule has 1 unspecified atom stereocenters. The molecule has 1 nitrogen and oxygen atoms in total. The number of nitrogens with one attached hydrogen (secondary N) is 1. The second-order valence-corrected chi connectivity index (χ2v) is 5.72. The van der Waals surface area contributed by atoms with Crippen LogP contribution in [0.15, 0.2) is 35.0 Å². The summed E-state index contributed by atoms with van der Waals surface area (Å²) in [6.45, 7) is 2.96. The van der Waals surface area contributed by atoms with E-state index < -0.39 is 0 Å². The van der Waals surface area contributed by atoms with Gasteiger partial charge in [0.05, 0.1) is 0 Å². The maximum absolute atomic E-state index is 14.0. The minimum atomic E-state index is -0.201. The number of halogens is 2. The molecule has 0 aliphatic heterocycles. The molecular formula is C15H17ClFNS. The van der Waals surface area contributed by atoms with E-state index in [2.05, 4.69) is 23.7 Å². The van der Waals surface area contributed by atoms with Gasteiger partial charge in [-0.3, -0.25) is 0 Å². The molecule has 0 saturated heterocycles. The van der Waals surface area contributed by atoms with Gasteiger partial charge in [-0.25, -0.2) is 4.39 Å². The Morgan fingerprint density at radius 1 is 1.37 bits per heavy atom. The highest BCUT2D eigenvalue weighted by Gasteiger charge is 2.16. The molecule has 1 aromatic heterocycles. The summed E-state index contributed by atoms with van der Waals surface area (Å²) in [6, 6.07) is 6.78. The zero-order valence-corrected chi connectivity index (χ0v) is 12.4. The number of hydrogen-bond donors (Lipinski definition) is 1. The first kappa shape index (κ1) is 14.5.